The van der Waals surface area contributed by atoms with E-state index in [1.165, 1.54) is 0 Å². The van der Waals surface area contributed by atoms with Crippen LogP contribution in [0.3, 0.4) is 0 Å². The summed E-state index contributed by atoms with van der Waals surface area (Å²) in [4.78, 5) is 22.7. The fourth-order valence-electron chi connectivity index (χ4n) is 1.23. The van der Waals surface area contributed by atoms with Gasteiger partial charge in [-0.25, -0.2) is 0 Å². The molecule has 0 radical (unpaired) electrons. The van der Waals surface area contributed by atoms with E-state index in [1.807, 2.05) is 6.92 Å². The van der Waals surface area contributed by atoms with Crippen LogP contribution in [0, 0.1) is 0 Å². The zero-order valence-electron chi connectivity index (χ0n) is 8.62. The van der Waals surface area contributed by atoms with E-state index in [9.17, 15) is 9.59 Å². The third-order valence-electron chi connectivity index (χ3n) is 1.97. The second kappa shape index (κ2) is 5.14. The fraction of sp³-hybridized carbons (Fsp3) is 0.273. The first kappa shape index (κ1) is 11.2. The van der Waals surface area contributed by atoms with Crippen LogP contribution >= 0.6 is 0 Å². The van der Waals surface area contributed by atoms with Crippen molar-refractivity contribution in [3.8, 4) is 0 Å². The summed E-state index contributed by atoms with van der Waals surface area (Å²) >= 11 is 0. The maximum atomic E-state index is 11.6. The van der Waals surface area contributed by atoms with Crippen molar-refractivity contribution in [1.29, 1.82) is 0 Å². The molecular weight excluding hydrogens is 192 g/mol. The monoisotopic (exact) mass is 206 g/mol. The standard InChI is InChI=1S/C11H14N2O2/c1-2-7-13-11(15)9-6-4-3-5-8(9)10(12)14/h3-6H,2,7H2,1H3,(H2,12,14)(H,13,15). The van der Waals surface area contributed by atoms with Gasteiger partial charge in [0.15, 0.2) is 0 Å². The van der Waals surface area contributed by atoms with Gasteiger partial charge in [-0.05, 0) is 18.6 Å². The summed E-state index contributed by atoms with van der Waals surface area (Å²) in [7, 11) is 0. The number of carbonyl (C=O) groups is 2. The maximum Gasteiger partial charge on any atom is 0.252 e. The van der Waals surface area contributed by atoms with Crippen molar-refractivity contribution in [2.24, 2.45) is 5.73 Å². The zero-order valence-corrected chi connectivity index (χ0v) is 8.62. The van der Waals surface area contributed by atoms with E-state index in [0.29, 0.717) is 12.1 Å². The smallest absolute Gasteiger partial charge is 0.252 e. The average molecular weight is 206 g/mol. The number of primary amides is 1. The Labute approximate surface area is 88.5 Å². The van der Waals surface area contributed by atoms with Crippen molar-refractivity contribution >= 4 is 11.8 Å². The van der Waals surface area contributed by atoms with Crippen LogP contribution in [-0.4, -0.2) is 18.4 Å². The molecule has 0 bridgehead atoms. The Bertz CT molecular complexity index is 375. The molecule has 15 heavy (non-hydrogen) atoms. The lowest BCUT2D eigenvalue weighted by Gasteiger charge is -2.06. The first-order valence-electron chi connectivity index (χ1n) is 4.83. The second-order valence-electron chi connectivity index (χ2n) is 3.17. The first-order valence-corrected chi connectivity index (χ1v) is 4.83. The molecule has 1 aromatic carbocycles. The molecule has 0 atom stereocenters. The summed E-state index contributed by atoms with van der Waals surface area (Å²) in [6.07, 6.45) is 0.852. The van der Waals surface area contributed by atoms with Crippen LogP contribution < -0.4 is 11.1 Å². The van der Waals surface area contributed by atoms with Crippen molar-refractivity contribution in [2.75, 3.05) is 6.54 Å². The van der Waals surface area contributed by atoms with E-state index < -0.39 is 5.91 Å². The molecule has 0 unspecified atom stereocenters. The number of carbonyl (C=O) groups excluding carboxylic acids is 2. The Hall–Kier alpha value is -1.84. The molecule has 0 aliphatic heterocycles. The summed E-state index contributed by atoms with van der Waals surface area (Å²) in [5.41, 5.74) is 5.75. The molecule has 0 fully saturated rings. The third-order valence-corrected chi connectivity index (χ3v) is 1.97. The van der Waals surface area contributed by atoms with Crippen LogP contribution in [0.25, 0.3) is 0 Å². The molecule has 1 aromatic rings. The lowest BCUT2D eigenvalue weighted by Crippen LogP contribution is -2.27. The summed E-state index contributed by atoms with van der Waals surface area (Å²) in [5, 5.41) is 2.70. The molecule has 4 nitrogen and oxygen atoms in total. The molecule has 1 rings (SSSR count). The van der Waals surface area contributed by atoms with E-state index in [0.717, 1.165) is 6.42 Å². The number of nitrogens with two attached hydrogens (primary N) is 1. The summed E-state index contributed by atoms with van der Waals surface area (Å²) in [6, 6.07) is 6.51. The summed E-state index contributed by atoms with van der Waals surface area (Å²) in [5.74, 6) is -0.844. The van der Waals surface area contributed by atoms with Crippen molar-refractivity contribution < 1.29 is 9.59 Å². The highest BCUT2D eigenvalue weighted by atomic mass is 16.2. The first-order chi connectivity index (χ1) is 7.16. The summed E-state index contributed by atoms with van der Waals surface area (Å²) < 4.78 is 0. The Kier molecular flexibility index (Phi) is 3.85. The molecule has 0 aliphatic carbocycles. The Balaban J connectivity index is 2.92. The van der Waals surface area contributed by atoms with Crippen LogP contribution in [0.5, 0.6) is 0 Å². The molecule has 0 saturated heterocycles. The molecule has 2 amide bonds. The largest absolute Gasteiger partial charge is 0.366 e. The maximum absolute atomic E-state index is 11.6. The van der Waals surface area contributed by atoms with Gasteiger partial charge in [-0.15, -0.1) is 0 Å². The molecule has 0 saturated carbocycles. The highest BCUT2D eigenvalue weighted by Crippen LogP contribution is 2.07. The van der Waals surface area contributed by atoms with E-state index >= 15 is 0 Å². The zero-order chi connectivity index (χ0) is 11.3. The minimum absolute atomic E-state index is 0.256. The Morgan fingerprint density at radius 3 is 2.40 bits per heavy atom. The van der Waals surface area contributed by atoms with Crippen LogP contribution in [0.4, 0.5) is 0 Å². The van der Waals surface area contributed by atoms with E-state index in [-0.39, 0.29) is 11.5 Å². The van der Waals surface area contributed by atoms with Crippen LogP contribution in [-0.2, 0) is 0 Å². The molecular formula is C11H14N2O2. The molecule has 0 aromatic heterocycles. The van der Waals surface area contributed by atoms with Gasteiger partial charge in [0.1, 0.15) is 0 Å². The molecule has 0 spiro atoms. The molecule has 80 valence electrons. The normalized spacial score (nSPS) is 9.67. The molecule has 0 heterocycles. The van der Waals surface area contributed by atoms with E-state index in [2.05, 4.69) is 5.32 Å². The van der Waals surface area contributed by atoms with Gasteiger partial charge in [0.25, 0.3) is 5.91 Å². The predicted molar refractivity (Wildman–Crippen MR) is 57.6 cm³/mol. The highest BCUT2D eigenvalue weighted by Gasteiger charge is 2.13. The molecule has 3 N–H and O–H groups in total. The van der Waals surface area contributed by atoms with Crippen LogP contribution in [0.2, 0.25) is 0 Å². The van der Waals surface area contributed by atoms with Gasteiger partial charge in [0.2, 0.25) is 5.91 Å². The number of rotatable bonds is 4. The lowest BCUT2D eigenvalue weighted by atomic mass is 10.1. The number of hydrogen-bond acceptors (Lipinski definition) is 2. The van der Waals surface area contributed by atoms with Crippen molar-refractivity contribution in [3.05, 3.63) is 35.4 Å². The van der Waals surface area contributed by atoms with Crippen molar-refractivity contribution in [3.63, 3.8) is 0 Å². The Morgan fingerprint density at radius 2 is 1.87 bits per heavy atom. The van der Waals surface area contributed by atoms with Gasteiger partial charge in [0, 0.05) is 6.54 Å². The van der Waals surface area contributed by atoms with Gasteiger partial charge >= 0.3 is 0 Å². The number of benzene rings is 1. The third kappa shape index (κ3) is 2.80. The number of amides is 2. The minimum atomic E-state index is -0.586. The fourth-order valence-corrected chi connectivity index (χ4v) is 1.23. The quantitative estimate of drug-likeness (QED) is 0.769. The second-order valence-corrected chi connectivity index (χ2v) is 3.17. The molecule has 0 aliphatic rings. The van der Waals surface area contributed by atoms with Gasteiger partial charge in [-0.2, -0.15) is 0 Å². The van der Waals surface area contributed by atoms with Gasteiger partial charge in [-0.3, -0.25) is 9.59 Å². The minimum Gasteiger partial charge on any atom is -0.366 e. The van der Waals surface area contributed by atoms with Gasteiger partial charge in [0.05, 0.1) is 11.1 Å². The highest BCUT2D eigenvalue weighted by molar-refractivity contribution is 6.06. The van der Waals surface area contributed by atoms with E-state index in [4.69, 9.17) is 5.73 Å². The number of hydrogen-bond donors (Lipinski definition) is 2. The topological polar surface area (TPSA) is 72.2 Å². The molecule has 4 heteroatoms. The lowest BCUT2D eigenvalue weighted by molar-refractivity contribution is 0.0936. The SMILES string of the molecule is CCCNC(=O)c1ccccc1C(N)=O. The van der Waals surface area contributed by atoms with Gasteiger partial charge < -0.3 is 11.1 Å². The average Bonchev–Trinajstić information content (AvgIpc) is 2.25. The number of nitrogens with one attached hydrogen (secondary N) is 1. The van der Waals surface area contributed by atoms with Crippen LogP contribution in [0.15, 0.2) is 24.3 Å². The van der Waals surface area contributed by atoms with Crippen molar-refractivity contribution in [2.45, 2.75) is 13.3 Å². The van der Waals surface area contributed by atoms with E-state index in [1.54, 1.807) is 24.3 Å². The van der Waals surface area contributed by atoms with Gasteiger partial charge in [-0.1, -0.05) is 19.1 Å². The predicted octanol–water partition coefficient (Wildman–Crippen LogP) is 0.925. The van der Waals surface area contributed by atoms with Crippen molar-refractivity contribution in [1.82, 2.24) is 5.32 Å². The summed E-state index contributed by atoms with van der Waals surface area (Å²) in [6.45, 7) is 2.55. The Morgan fingerprint density at radius 1 is 1.27 bits per heavy atom. The van der Waals surface area contributed by atoms with Crippen LogP contribution in [0.1, 0.15) is 34.1 Å².